The number of nitrogens with one attached hydrogen (secondary N) is 1. The lowest BCUT2D eigenvalue weighted by atomic mass is 10.0. The molecule has 4 aromatic rings. The number of carbonyl (C=O) groups is 2. The van der Waals surface area contributed by atoms with Crippen LogP contribution in [0.25, 0.3) is 10.8 Å². The summed E-state index contributed by atoms with van der Waals surface area (Å²) < 4.78 is 1.96. The van der Waals surface area contributed by atoms with E-state index in [0.717, 1.165) is 5.82 Å². The van der Waals surface area contributed by atoms with Crippen molar-refractivity contribution in [1.82, 2.24) is 14.8 Å². The molecule has 6 nitrogen and oxygen atoms in total. The van der Waals surface area contributed by atoms with Crippen LogP contribution in [0.4, 0.5) is 5.69 Å². The summed E-state index contributed by atoms with van der Waals surface area (Å²) in [6.07, 6.45) is 1.31. The first-order chi connectivity index (χ1) is 16.0. The van der Waals surface area contributed by atoms with E-state index in [-0.39, 0.29) is 16.9 Å². The fraction of sp³-hybridized carbons (Fsp3) is 0.231. The molecule has 0 aliphatic carbocycles. The third kappa shape index (κ3) is 5.14. The summed E-state index contributed by atoms with van der Waals surface area (Å²) in [6, 6.07) is 21.5. The van der Waals surface area contributed by atoms with Crippen molar-refractivity contribution in [2.75, 3.05) is 5.32 Å². The van der Waals surface area contributed by atoms with Crippen molar-refractivity contribution in [1.29, 1.82) is 0 Å². The SMILES string of the molecule is CC[C@@H](Sc1nnc(Cc2cccc3ccccc23)n1C)C(=O)Nc1ccc(C(C)=O)cc1. The highest BCUT2D eigenvalue weighted by atomic mass is 32.2. The molecule has 0 saturated heterocycles. The predicted molar refractivity (Wildman–Crippen MR) is 133 cm³/mol. The molecule has 4 rings (SSSR count). The van der Waals surface area contributed by atoms with E-state index in [0.29, 0.717) is 29.2 Å². The molecule has 1 N–H and O–H groups in total. The largest absolute Gasteiger partial charge is 0.325 e. The van der Waals surface area contributed by atoms with E-state index in [9.17, 15) is 9.59 Å². The highest BCUT2D eigenvalue weighted by Gasteiger charge is 2.22. The van der Waals surface area contributed by atoms with Crippen molar-refractivity contribution in [3.8, 4) is 0 Å². The normalized spacial score (nSPS) is 12.0. The molecule has 33 heavy (non-hydrogen) atoms. The van der Waals surface area contributed by atoms with Crippen molar-refractivity contribution in [2.24, 2.45) is 7.05 Å². The molecule has 7 heteroatoms. The molecular weight excluding hydrogens is 432 g/mol. The number of thioether (sulfide) groups is 1. The Kier molecular flexibility index (Phi) is 6.89. The Morgan fingerprint density at radius 2 is 1.73 bits per heavy atom. The molecule has 0 bridgehead atoms. The van der Waals surface area contributed by atoms with Crippen molar-refractivity contribution in [3.05, 3.63) is 83.7 Å². The van der Waals surface area contributed by atoms with Crippen LogP contribution in [0.2, 0.25) is 0 Å². The summed E-state index contributed by atoms with van der Waals surface area (Å²) in [7, 11) is 1.94. The third-order valence-electron chi connectivity index (χ3n) is 5.62. The summed E-state index contributed by atoms with van der Waals surface area (Å²) in [5.74, 6) is 0.747. The lowest BCUT2D eigenvalue weighted by Gasteiger charge is -2.14. The minimum absolute atomic E-state index is 0.00328. The summed E-state index contributed by atoms with van der Waals surface area (Å²) in [5.41, 5.74) is 2.48. The number of benzene rings is 3. The van der Waals surface area contributed by atoms with Gasteiger partial charge in [0.25, 0.3) is 0 Å². The zero-order valence-corrected chi connectivity index (χ0v) is 19.7. The van der Waals surface area contributed by atoms with E-state index in [1.807, 2.05) is 30.7 Å². The standard InChI is InChI=1S/C26H26N4O2S/c1-4-23(25(32)27-21-14-12-18(13-15-21)17(2)31)33-26-29-28-24(30(26)3)16-20-10-7-9-19-8-5-6-11-22(19)20/h5-15,23H,4,16H2,1-3H3,(H,27,32)/t23-/m1/s1. The van der Waals surface area contributed by atoms with E-state index in [1.165, 1.54) is 35.0 Å². The number of fused-ring (bicyclic) bond motifs is 1. The monoisotopic (exact) mass is 458 g/mol. The molecular formula is C26H26N4O2S. The first-order valence-corrected chi connectivity index (χ1v) is 11.8. The minimum atomic E-state index is -0.314. The van der Waals surface area contributed by atoms with Gasteiger partial charge in [-0.05, 0) is 53.9 Å². The Bertz CT molecular complexity index is 1290. The maximum atomic E-state index is 12.9. The van der Waals surface area contributed by atoms with Crippen LogP contribution in [0.15, 0.2) is 71.9 Å². The Morgan fingerprint density at radius 1 is 1.00 bits per heavy atom. The number of ketones is 1. The van der Waals surface area contributed by atoms with Gasteiger partial charge in [0, 0.05) is 24.7 Å². The van der Waals surface area contributed by atoms with Gasteiger partial charge in [-0.15, -0.1) is 10.2 Å². The molecule has 1 heterocycles. The number of amides is 1. The van der Waals surface area contributed by atoms with Crippen LogP contribution < -0.4 is 5.32 Å². The number of anilines is 1. The van der Waals surface area contributed by atoms with E-state index in [2.05, 4.69) is 45.8 Å². The van der Waals surface area contributed by atoms with Gasteiger partial charge in [0.2, 0.25) is 5.91 Å². The number of carbonyl (C=O) groups excluding carboxylic acids is 2. The highest BCUT2D eigenvalue weighted by molar-refractivity contribution is 8.00. The minimum Gasteiger partial charge on any atom is -0.325 e. The molecule has 0 saturated carbocycles. The first kappa shape index (κ1) is 22.7. The smallest absolute Gasteiger partial charge is 0.237 e. The van der Waals surface area contributed by atoms with Gasteiger partial charge in [0.05, 0.1) is 5.25 Å². The molecule has 1 aromatic heterocycles. The van der Waals surface area contributed by atoms with Crippen molar-refractivity contribution < 1.29 is 9.59 Å². The van der Waals surface area contributed by atoms with Crippen molar-refractivity contribution >= 4 is 39.9 Å². The quantitative estimate of drug-likeness (QED) is 0.287. The molecule has 0 fully saturated rings. The second-order valence-corrected chi connectivity index (χ2v) is 9.08. The van der Waals surface area contributed by atoms with Gasteiger partial charge in [-0.3, -0.25) is 9.59 Å². The number of rotatable bonds is 8. The fourth-order valence-electron chi connectivity index (χ4n) is 3.68. The summed E-state index contributed by atoms with van der Waals surface area (Å²) in [4.78, 5) is 24.3. The maximum Gasteiger partial charge on any atom is 0.237 e. The van der Waals surface area contributed by atoms with Crippen molar-refractivity contribution in [2.45, 2.75) is 37.1 Å². The van der Waals surface area contributed by atoms with Gasteiger partial charge in [-0.2, -0.15) is 0 Å². The van der Waals surface area contributed by atoms with E-state index in [1.54, 1.807) is 24.3 Å². The Hall–Kier alpha value is -3.45. The van der Waals surface area contributed by atoms with E-state index >= 15 is 0 Å². The van der Waals surface area contributed by atoms with Crippen molar-refractivity contribution in [3.63, 3.8) is 0 Å². The average Bonchev–Trinajstić information content (AvgIpc) is 3.16. The lowest BCUT2D eigenvalue weighted by molar-refractivity contribution is -0.115. The number of nitrogens with zero attached hydrogens (tertiary/aromatic N) is 3. The van der Waals surface area contributed by atoms with Crippen LogP contribution in [0.5, 0.6) is 0 Å². The summed E-state index contributed by atoms with van der Waals surface area (Å²) >= 11 is 1.41. The van der Waals surface area contributed by atoms with Gasteiger partial charge < -0.3 is 9.88 Å². The van der Waals surface area contributed by atoms with Crippen LogP contribution in [0.1, 0.15) is 42.0 Å². The maximum absolute atomic E-state index is 12.9. The van der Waals surface area contributed by atoms with Gasteiger partial charge in [-0.1, -0.05) is 61.2 Å². The van der Waals surface area contributed by atoms with Crippen LogP contribution in [0.3, 0.4) is 0 Å². The van der Waals surface area contributed by atoms with Crippen LogP contribution in [0, 0.1) is 0 Å². The molecule has 168 valence electrons. The van der Waals surface area contributed by atoms with Crippen LogP contribution >= 0.6 is 11.8 Å². The number of hydrogen-bond donors (Lipinski definition) is 1. The number of aromatic nitrogens is 3. The molecule has 1 atom stereocenters. The summed E-state index contributed by atoms with van der Waals surface area (Å²) in [6.45, 7) is 3.50. The molecule has 0 aliphatic rings. The third-order valence-corrected chi connectivity index (χ3v) is 7.02. The average molecular weight is 459 g/mol. The fourth-order valence-corrected chi connectivity index (χ4v) is 4.62. The molecule has 3 aromatic carbocycles. The Morgan fingerprint density at radius 3 is 2.45 bits per heavy atom. The molecule has 0 unspecified atom stereocenters. The topological polar surface area (TPSA) is 76.9 Å². The van der Waals surface area contributed by atoms with Crippen LogP contribution in [-0.2, 0) is 18.3 Å². The highest BCUT2D eigenvalue weighted by Crippen LogP contribution is 2.27. The zero-order valence-electron chi connectivity index (χ0n) is 18.9. The second kappa shape index (κ2) is 10.0. The zero-order chi connectivity index (χ0) is 23.4. The van der Waals surface area contributed by atoms with Gasteiger partial charge >= 0.3 is 0 Å². The molecule has 0 radical (unpaired) electrons. The number of hydrogen-bond acceptors (Lipinski definition) is 5. The van der Waals surface area contributed by atoms with Crippen LogP contribution in [-0.4, -0.2) is 31.7 Å². The second-order valence-electron chi connectivity index (χ2n) is 7.91. The van der Waals surface area contributed by atoms with E-state index < -0.39 is 0 Å². The molecule has 1 amide bonds. The first-order valence-electron chi connectivity index (χ1n) is 10.9. The lowest BCUT2D eigenvalue weighted by Crippen LogP contribution is -2.25. The Labute approximate surface area is 197 Å². The van der Waals surface area contributed by atoms with Gasteiger partial charge in [-0.25, -0.2) is 0 Å². The van der Waals surface area contributed by atoms with Gasteiger partial charge in [0.1, 0.15) is 5.82 Å². The Balaban J connectivity index is 1.46. The number of Topliss-reactive ketones (excluding diaryl/α,β-unsaturated/α-hetero) is 1. The molecule has 0 spiro atoms. The van der Waals surface area contributed by atoms with Gasteiger partial charge in [0.15, 0.2) is 10.9 Å². The predicted octanol–water partition coefficient (Wildman–Crippen LogP) is 5.27. The van der Waals surface area contributed by atoms with E-state index in [4.69, 9.17) is 0 Å². The summed E-state index contributed by atoms with van der Waals surface area (Å²) in [5, 5.41) is 14.5. The molecule has 0 aliphatic heterocycles.